The average Bonchev–Trinajstić information content (AvgIpc) is 2.89. The molecule has 4 heteroatoms. The minimum atomic E-state index is 0.687. The van der Waals surface area contributed by atoms with Gasteiger partial charge in [0.2, 0.25) is 0 Å². The molecule has 1 atom stereocenters. The van der Waals surface area contributed by atoms with E-state index >= 15 is 0 Å². The molecular formula is C17H29N3O. The maximum Gasteiger partial charge on any atom is 0.123 e. The van der Waals surface area contributed by atoms with E-state index in [0.717, 1.165) is 32.0 Å². The monoisotopic (exact) mass is 291 g/mol. The van der Waals surface area contributed by atoms with Crippen LogP contribution in [0.1, 0.15) is 12.0 Å². The fraction of sp³-hybridized carbons (Fsp3) is 0.647. The summed E-state index contributed by atoms with van der Waals surface area (Å²) in [6.45, 7) is 5.00. The molecule has 0 saturated carbocycles. The summed E-state index contributed by atoms with van der Waals surface area (Å²) in [6.07, 6.45) is 1.26. The Hall–Kier alpha value is -1.10. The van der Waals surface area contributed by atoms with Gasteiger partial charge in [-0.25, -0.2) is 0 Å². The fourth-order valence-corrected chi connectivity index (χ4v) is 2.73. The molecule has 4 nitrogen and oxygen atoms in total. The lowest BCUT2D eigenvalue weighted by atomic mass is 10.2. The van der Waals surface area contributed by atoms with Crippen molar-refractivity contribution in [2.24, 2.45) is 0 Å². The third-order valence-corrected chi connectivity index (χ3v) is 4.14. The van der Waals surface area contributed by atoms with Gasteiger partial charge in [-0.05, 0) is 40.7 Å². The highest BCUT2D eigenvalue weighted by Crippen LogP contribution is 2.23. The Balaban J connectivity index is 1.91. The van der Waals surface area contributed by atoms with E-state index in [1.54, 1.807) is 0 Å². The van der Waals surface area contributed by atoms with E-state index in [-0.39, 0.29) is 0 Å². The van der Waals surface area contributed by atoms with Crippen molar-refractivity contribution in [2.45, 2.75) is 19.0 Å². The zero-order chi connectivity index (χ0) is 15.2. The summed E-state index contributed by atoms with van der Waals surface area (Å²) in [4.78, 5) is 7.00. The summed E-state index contributed by atoms with van der Waals surface area (Å²) >= 11 is 0. The van der Waals surface area contributed by atoms with Crippen molar-refractivity contribution in [3.63, 3.8) is 0 Å². The van der Waals surface area contributed by atoms with Gasteiger partial charge < -0.3 is 14.5 Å². The van der Waals surface area contributed by atoms with Gasteiger partial charge in [-0.1, -0.05) is 18.2 Å². The Kier molecular flexibility index (Phi) is 6.03. The van der Waals surface area contributed by atoms with Gasteiger partial charge in [0, 0.05) is 37.8 Å². The van der Waals surface area contributed by atoms with E-state index in [0.29, 0.717) is 6.04 Å². The molecule has 0 amide bonds. The van der Waals surface area contributed by atoms with E-state index in [9.17, 15) is 0 Å². The van der Waals surface area contributed by atoms with Gasteiger partial charge in [0.1, 0.15) is 12.4 Å². The van der Waals surface area contributed by atoms with Crippen LogP contribution in [0.5, 0.6) is 5.75 Å². The van der Waals surface area contributed by atoms with Crippen LogP contribution < -0.4 is 4.74 Å². The number of rotatable bonds is 7. The second-order valence-corrected chi connectivity index (χ2v) is 6.40. The fourth-order valence-electron chi connectivity index (χ4n) is 2.73. The molecule has 0 aromatic heterocycles. The third-order valence-electron chi connectivity index (χ3n) is 4.14. The number of ether oxygens (including phenoxy) is 1. The van der Waals surface area contributed by atoms with Crippen LogP contribution in [0.2, 0.25) is 0 Å². The van der Waals surface area contributed by atoms with Crippen LogP contribution in [0, 0.1) is 0 Å². The molecule has 0 N–H and O–H groups in total. The standard InChI is InChI=1S/C17H29N3O/c1-18(2)11-12-21-17-8-6-5-7-15(17)13-20-10-9-16(14-20)19(3)4/h5-8,16H,9-14H2,1-4H3/t16-/m0/s1. The summed E-state index contributed by atoms with van der Waals surface area (Å²) in [5.41, 5.74) is 1.30. The highest BCUT2D eigenvalue weighted by atomic mass is 16.5. The van der Waals surface area contributed by atoms with Crippen LogP contribution in [-0.2, 0) is 6.54 Å². The maximum absolute atomic E-state index is 5.95. The number of para-hydroxylation sites is 1. The lowest BCUT2D eigenvalue weighted by Gasteiger charge is -2.21. The molecule has 0 aliphatic carbocycles. The highest BCUT2D eigenvalue weighted by molar-refractivity contribution is 5.33. The summed E-state index contributed by atoms with van der Waals surface area (Å²) < 4.78 is 5.95. The quantitative estimate of drug-likeness (QED) is 0.762. The molecule has 0 spiro atoms. The van der Waals surface area contributed by atoms with Crippen molar-refractivity contribution >= 4 is 0 Å². The average molecular weight is 291 g/mol. The van der Waals surface area contributed by atoms with Gasteiger partial charge in [-0.2, -0.15) is 0 Å². The van der Waals surface area contributed by atoms with Crippen molar-refractivity contribution in [3.05, 3.63) is 29.8 Å². The zero-order valence-corrected chi connectivity index (χ0v) is 13.9. The first kappa shape index (κ1) is 16.3. The Morgan fingerprint density at radius 1 is 1.19 bits per heavy atom. The minimum absolute atomic E-state index is 0.687. The van der Waals surface area contributed by atoms with E-state index < -0.39 is 0 Å². The Labute approximate surface area is 129 Å². The molecule has 1 fully saturated rings. The predicted octanol–water partition coefficient (Wildman–Crippen LogP) is 1.76. The van der Waals surface area contributed by atoms with Crippen LogP contribution in [-0.4, -0.2) is 75.2 Å². The molecule has 1 aromatic rings. The van der Waals surface area contributed by atoms with E-state index in [1.165, 1.54) is 18.5 Å². The summed E-state index contributed by atoms with van der Waals surface area (Å²) in [5, 5.41) is 0. The molecule has 1 aliphatic heterocycles. The second-order valence-electron chi connectivity index (χ2n) is 6.40. The molecule has 2 rings (SSSR count). The first-order valence-electron chi connectivity index (χ1n) is 7.80. The van der Waals surface area contributed by atoms with Crippen molar-refractivity contribution in [3.8, 4) is 5.75 Å². The normalized spacial score (nSPS) is 19.6. The van der Waals surface area contributed by atoms with Gasteiger partial charge in [-0.15, -0.1) is 0 Å². The van der Waals surface area contributed by atoms with Crippen molar-refractivity contribution in [1.29, 1.82) is 0 Å². The van der Waals surface area contributed by atoms with Gasteiger partial charge in [0.15, 0.2) is 0 Å². The van der Waals surface area contributed by atoms with Crippen LogP contribution in [0.3, 0.4) is 0 Å². The van der Waals surface area contributed by atoms with Crippen LogP contribution >= 0.6 is 0 Å². The van der Waals surface area contributed by atoms with Crippen molar-refractivity contribution < 1.29 is 4.74 Å². The molecule has 0 unspecified atom stereocenters. The molecule has 21 heavy (non-hydrogen) atoms. The highest BCUT2D eigenvalue weighted by Gasteiger charge is 2.24. The number of benzene rings is 1. The maximum atomic E-state index is 5.95. The summed E-state index contributed by atoms with van der Waals surface area (Å²) in [6, 6.07) is 9.12. The number of nitrogens with zero attached hydrogens (tertiary/aromatic N) is 3. The number of likely N-dealkylation sites (N-methyl/N-ethyl adjacent to an activating group) is 2. The van der Waals surface area contributed by atoms with Crippen LogP contribution in [0.4, 0.5) is 0 Å². The molecule has 118 valence electrons. The van der Waals surface area contributed by atoms with Crippen molar-refractivity contribution in [1.82, 2.24) is 14.7 Å². The summed E-state index contributed by atoms with van der Waals surface area (Å²) in [7, 11) is 8.49. The summed E-state index contributed by atoms with van der Waals surface area (Å²) in [5.74, 6) is 1.03. The largest absolute Gasteiger partial charge is 0.492 e. The third kappa shape index (κ3) is 4.99. The molecule has 0 bridgehead atoms. The Morgan fingerprint density at radius 3 is 2.62 bits per heavy atom. The number of hydrogen-bond donors (Lipinski definition) is 0. The first-order chi connectivity index (χ1) is 10.1. The van der Waals surface area contributed by atoms with Gasteiger partial charge >= 0.3 is 0 Å². The van der Waals surface area contributed by atoms with E-state index in [2.05, 4.69) is 67.2 Å². The first-order valence-corrected chi connectivity index (χ1v) is 7.80. The number of likely N-dealkylation sites (tertiary alicyclic amines) is 1. The lowest BCUT2D eigenvalue weighted by Crippen LogP contribution is -2.31. The smallest absolute Gasteiger partial charge is 0.123 e. The lowest BCUT2D eigenvalue weighted by molar-refractivity contribution is 0.246. The van der Waals surface area contributed by atoms with Crippen LogP contribution in [0.15, 0.2) is 24.3 Å². The molecule has 1 aromatic carbocycles. The molecule has 1 heterocycles. The Morgan fingerprint density at radius 2 is 1.95 bits per heavy atom. The minimum Gasteiger partial charge on any atom is -0.492 e. The molecule has 1 aliphatic rings. The number of hydrogen-bond acceptors (Lipinski definition) is 4. The van der Waals surface area contributed by atoms with Crippen molar-refractivity contribution in [2.75, 3.05) is 54.4 Å². The predicted molar refractivity (Wildman–Crippen MR) is 87.9 cm³/mol. The zero-order valence-electron chi connectivity index (χ0n) is 13.9. The molecule has 0 radical (unpaired) electrons. The van der Waals surface area contributed by atoms with E-state index in [4.69, 9.17) is 4.74 Å². The topological polar surface area (TPSA) is 19.0 Å². The SMILES string of the molecule is CN(C)CCOc1ccccc1CN1CC[C@H](N(C)C)C1. The van der Waals surface area contributed by atoms with Crippen LogP contribution in [0.25, 0.3) is 0 Å². The molecular weight excluding hydrogens is 262 g/mol. The van der Waals surface area contributed by atoms with Gasteiger partial charge in [0.25, 0.3) is 0 Å². The van der Waals surface area contributed by atoms with Gasteiger partial charge in [-0.3, -0.25) is 4.90 Å². The second kappa shape index (κ2) is 7.78. The Bertz CT molecular complexity index is 434. The molecule has 1 saturated heterocycles. The van der Waals surface area contributed by atoms with E-state index in [1.807, 2.05) is 0 Å². The van der Waals surface area contributed by atoms with Gasteiger partial charge in [0.05, 0.1) is 0 Å².